The molecule has 0 spiro atoms. The van der Waals surface area contributed by atoms with Crippen molar-refractivity contribution in [3.05, 3.63) is 0 Å². The Morgan fingerprint density at radius 3 is 2.50 bits per heavy atom. The summed E-state index contributed by atoms with van der Waals surface area (Å²) < 4.78 is 0. The van der Waals surface area contributed by atoms with Gasteiger partial charge in [0.25, 0.3) is 0 Å². The lowest BCUT2D eigenvalue weighted by atomic mass is 9.71. The summed E-state index contributed by atoms with van der Waals surface area (Å²) in [5.74, 6) is 2.89. The van der Waals surface area contributed by atoms with Crippen LogP contribution in [-0.2, 0) is 0 Å². The van der Waals surface area contributed by atoms with Gasteiger partial charge in [0.05, 0.1) is 0 Å². The molecule has 1 aliphatic carbocycles. The molecule has 0 bridgehead atoms. The Morgan fingerprint density at radius 1 is 1.14 bits per heavy atom. The number of piperazine rings is 1. The predicted octanol–water partition coefficient (Wildman–Crippen LogP) is 2.82. The van der Waals surface area contributed by atoms with Gasteiger partial charge < -0.3 is 5.32 Å². The average Bonchev–Trinajstić information content (AvgIpc) is 2.49. The fourth-order valence-electron chi connectivity index (χ4n) is 4.75. The van der Waals surface area contributed by atoms with E-state index in [1.807, 2.05) is 0 Å². The van der Waals surface area contributed by atoms with Crippen molar-refractivity contribution in [2.75, 3.05) is 39.3 Å². The van der Waals surface area contributed by atoms with E-state index >= 15 is 0 Å². The van der Waals surface area contributed by atoms with Gasteiger partial charge in [-0.15, -0.1) is 0 Å². The highest BCUT2D eigenvalue weighted by atomic mass is 15.3. The third-order valence-electron chi connectivity index (χ3n) is 6.86. The van der Waals surface area contributed by atoms with Crippen molar-refractivity contribution in [1.82, 2.24) is 15.1 Å². The highest BCUT2D eigenvalue weighted by molar-refractivity contribution is 4.93. The van der Waals surface area contributed by atoms with E-state index in [9.17, 15) is 0 Å². The average molecular weight is 308 g/mol. The molecule has 1 N–H and O–H groups in total. The summed E-state index contributed by atoms with van der Waals surface area (Å²) in [6.45, 7) is 15.0. The minimum atomic E-state index is 0.756. The van der Waals surface area contributed by atoms with E-state index in [4.69, 9.17) is 0 Å². The molecule has 3 aliphatic rings. The Labute approximate surface area is 137 Å². The fourth-order valence-corrected chi connectivity index (χ4v) is 4.75. The highest BCUT2D eigenvalue weighted by Gasteiger charge is 2.38. The Balaban J connectivity index is 1.41. The van der Waals surface area contributed by atoms with E-state index in [2.05, 4.69) is 35.9 Å². The summed E-state index contributed by atoms with van der Waals surface area (Å²) in [6.07, 6.45) is 7.06. The van der Waals surface area contributed by atoms with Crippen LogP contribution in [0.1, 0.15) is 52.9 Å². The summed E-state index contributed by atoms with van der Waals surface area (Å²) in [6, 6.07) is 1.66. The number of nitrogens with one attached hydrogen (secondary N) is 1. The number of rotatable bonds is 5. The van der Waals surface area contributed by atoms with Crippen LogP contribution in [0.2, 0.25) is 0 Å². The first kappa shape index (κ1) is 16.7. The van der Waals surface area contributed by atoms with Gasteiger partial charge in [-0.2, -0.15) is 0 Å². The maximum absolute atomic E-state index is 3.49. The summed E-state index contributed by atoms with van der Waals surface area (Å²) in [7, 11) is 0. The molecule has 2 atom stereocenters. The third-order valence-corrected chi connectivity index (χ3v) is 6.86. The van der Waals surface area contributed by atoms with Crippen LogP contribution >= 0.6 is 0 Å². The molecule has 0 amide bonds. The van der Waals surface area contributed by atoms with Gasteiger partial charge in [-0.25, -0.2) is 0 Å². The van der Waals surface area contributed by atoms with Crippen molar-refractivity contribution >= 4 is 0 Å². The Kier molecular flexibility index (Phi) is 5.80. The van der Waals surface area contributed by atoms with Crippen LogP contribution in [0.3, 0.4) is 0 Å². The monoisotopic (exact) mass is 307 g/mol. The predicted molar refractivity (Wildman–Crippen MR) is 94.2 cm³/mol. The zero-order chi connectivity index (χ0) is 15.5. The van der Waals surface area contributed by atoms with Crippen molar-refractivity contribution in [2.45, 2.75) is 65.0 Å². The quantitative estimate of drug-likeness (QED) is 0.842. The van der Waals surface area contributed by atoms with Crippen LogP contribution in [0.25, 0.3) is 0 Å². The first-order chi connectivity index (χ1) is 10.7. The standard InChI is InChI=1S/C19H37N3/c1-4-15(2)18-11-19(12-18)22-10-9-21(16(3)13-22)14-17-5-7-20-8-6-17/h15-20H,4-14H2,1-3H3/t15?,16-,18?,19?/m1/s1. The zero-order valence-electron chi connectivity index (χ0n) is 15.1. The molecule has 2 heterocycles. The lowest BCUT2D eigenvalue weighted by Gasteiger charge is -2.50. The van der Waals surface area contributed by atoms with Crippen molar-refractivity contribution in [1.29, 1.82) is 0 Å². The number of hydrogen-bond acceptors (Lipinski definition) is 3. The molecule has 0 aromatic carbocycles. The second-order valence-electron chi connectivity index (χ2n) is 8.30. The molecule has 3 fully saturated rings. The van der Waals surface area contributed by atoms with Crippen LogP contribution in [0.5, 0.6) is 0 Å². The van der Waals surface area contributed by atoms with Gasteiger partial charge in [0.15, 0.2) is 0 Å². The van der Waals surface area contributed by atoms with Crippen LogP contribution in [0.4, 0.5) is 0 Å². The second-order valence-corrected chi connectivity index (χ2v) is 8.30. The molecule has 22 heavy (non-hydrogen) atoms. The van der Waals surface area contributed by atoms with Gasteiger partial charge >= 0.3 is 0 Å². The molecule has 0 aromatic rings. The van der Waals surface area contributed by atoms with E-state index in [0.717, 1.165) is 29.8 Å². The SMILES string of the molecule is CCC(C)C1CC(N2CCN(CC3CCNCC3)[C@H](C)C2)C1. The molecule has 0 aromatic heterocycles. The van der Waals surface area contributed by atoms with Crippen LogP contribution in [0, 0.1) is 17.8 Å². The molecule has 3 nitrogen and oxygen atoms in total. The summed E-state index contributed by atoms with van der Waals surface area (Å²) in [5, 5.41) is 3.49. The van der Waals surface area contributed by atoms with E-state index in [0.29, 0.717) is 0 Å². The molecule has 1 saturated carbocycles. The number of nitrogens with zero attached hydrogens (tertiary/aromatic N) is 2. The van der Waals surface area contributed by atoms with Gasteiger partial charge in [0.2, 0.25) is 0 Å². The molecule has 0 radical (unpaired) electrons. The Morgan fingerprint density at radius 2 is 1.86 bits per heavy atom. The summed E-state index contributed by atoms with van der Waals surface area (Å²) in [4.78, 5) is 5.58. The van der Waals surface area contributed by atoms with E-state index in [1.165, 1.54) is 71.4 Å². The van der Waals surface area contributed by atoms with Crippen molar-refractivity contribution in [2.24, 2.45) is 17.8 Å². The molecular formula is C19H37N3. The van der Waals surface area contributed by atoms with E-state index < -0.39 is 0 Å². The smallest absolute Gasteiger partial charge is 0.0195 e. The van der Waals surface area contributed by atoms with Crippen LogP contribution in [0.15, 0.2) is 0 Å². The van der Waals surface area contributed by atoms with Gasteiger partial charge in [0.1, 0.15) is 0 Å². The maximum atomic E-state index is 3.49. The minimum absolute atomic E-state index is 0.756. The second kappa shape index (κ2) is 7.63. The number of piperidine rings is 1. The lowest BCUT2D eigenvalue weighted by Crippen LogP contribution is -2.58. The molecule has 128 valence electrons. The summed E-state index contributed by atoms with van der Waals surface area (Å²) >= 11 is 0. The Hall–Kier alpha value is -0.120. The summed E-state index contributed by atoms with van der Waals surface area (Å²) in [5.41, 5.74) is 0. The normalized spacial score (nSPS) is 37.0. The van der Waals surface area contributed by atoms with Gasteiger partial charge in [-0.3, -0.25) is 9.80 Å². The van der Waals surface area contributed by atoms with Crippen molar-refractivity contribution in [3.8, 4) is 0 Å². The molecule has 3 heteroatoms. The molecule has 2 saturated heterocycles. The zero-order valence-corrected chi connectivity index (χ0v) is 15.1. The molecular weight excluding hydrogens is 270 g/mol. The third kappa shape index (κ3) is 3.85. The number of hydrogen-bond donors (Lipinski definition) is 1. The van der Waals surface area contributed by atoms with Gasteiger partial charge in [0, 0.05) is 38.3 Å². The first-order valence-corrected chi connectivity index (χ1v) is 9.86. The van der Waals surface area contributed by atoms with E-state index in [1.54, 1.807) is 0 Å². The molecule has 2 aliphatic heterocycles. The van der Waals surface area contributed by atoms with Gasteiger partial charge in [-0.1, -0.05) is 20.3 Å². The van der Waals surface area contributed by atoms with Crippen molar-refractivity contribution < 1.29 is 0 Å². The van der Waals surface area contributed by atoms with Crippen LogP contribution in [-0.4, -0.2) is 61.2 Å². The lowest BCUT2D eigenvalue weighted by molar-refractivity contribution is -0.00964. The first-order valence-electron chi connectivity index (χ1n) is 9.86. The van der Waals surface area contributed by atoms with Crippen molar-refractivity contribution in [3.63, 3.8) is 0 Å². The Bertz CT molecular complexity index is 334. The van der Waals surface area contributed by atoms with Crippen LogP contribution < -0.4 is 5.32 Å². The largest absolute Gasteiger partial charge is 0.317 e. The molecule has 3 rings (SSSR count). The highest BCUT2D eigenvalue weighted by Crippen LogP contribution is 2.39. The maximum Gasteiger partial charge on any atom is 0.0195 e. The van der Waals surface area contributed by atoms with Gasteiger partial charge in [-0.05, 0) is 63.5 Å². The minimum Gasteiger partial charge on any atom is -0.317 e. The fraction of sp³-hybridized carbons (Fsp3) is 1.00. The van der Waals surface area contributed by atoms with E-state index in [-0.39, 0.29) is 0 Å². The topological polar surface area (TPSA) is 18.5 Å². The molecule has 1 unspecified atom stereocenters.